The van der Waals surface area contributed by atoms with Crippen molar-refractivity contribution in [1.29, 1.82) is 0 Å². The fourth-order valence-electron chi connectivity index (χ4n) is 0.368. The summed E-state index contributed by atoms with van der Waals surface area (Å²) in [6.07, 6.45) is 3.40. The van der Waals surface area contributed by atoms with Crippen LogP contribution in [0.4, 0.5) is 0 Å². The molecule has 0 saturated heterocycles. The molecular formula is C6H14ClNO4S2. The fraction of sp³-hybridized carbons (Fsp3) is 0.833. The molecule has 0 saturated carbocycles. The van der Waals surface area contributed by atoms with E-state index in [0.717, 1.165) is 12.0 Å². The van der Waals surface area contributed by atoms with Crippen LogP contribution in [0.2, 0.25) is 0 Å². The number of hydrogen-bond acceptors (Lipinski definition) is 5. The van der Waals surface area contributed by atoms with Gasteiger partial charge in [-0.1, -0.05) is 0 Å². The monoisotopic (exact) mass is 263 g/mol. The van der Waals surface area contributed by atoms with E-state index in [4.69, 9.17) is 10.8 Å². The van der Waals surface area contributed by atoms with Gasteiger partial charge in [0.15, 0.2) is 0 Å². The molecule has 8 heteroatoms. The van der Waals surface area contributed by atoms with Gasteiger partial charge in [-0.15, -0.1) is 0 Å². The number of carboxylic acids is 1. The van der Waals surface area contributed by atoms with Crippen LogP contribution in [0.1, 0.15) is 6.42 Å². The van der Waals surface area contributed by atoms with E-state index in [9.17, 15) is 13.2 Å². The van der Waals surface area contributed by atoms with Gasteiger partial charge in [0, 0.05) is 10.7 Å². The van der Waals surface area contributed by atoms with Gasteiger partial charge >= 0.3 is 5.97 Å². The number of hydrogen-bond donors (Lipinski definition) is 2. The highest BCUT2D eigenvalue weighted by Gasteiger charge is 2.08. The molecule has 0 bridgehead atoms. The first kappa shape index (κ1) is 16.4. The van der Waals surface area contributed by atoms with E-state index in [-0.39, 0.29) is 0 Å². The molecule has 86 valence electrons. The van der Waals surface area contributed by atoms with Crippen LogP contribution in [0.25, 0.3) is 0 Å². The Morgan fingerprint density at radius 2 is 2.00 bits per heavy atom. The Morgan fingerprint density at radius 1 is 1.64 bits per heavy atom. The van der Waals surface area contributed by atoms with Crippen LogP contribution >= 0.6 is 22.4 Å². The predicted octanol–water partition coefficient (Wildman–Crippen LogP) is 0.336. The van der Waals surface area contributed by atoms with E-state index in [1.807, 2.05) is 6.26 Å². The molecule has 0 aliphatic rings. The third kappa shape index (κ3) is 22.7. The highest BCUT2D eigenvalue weighted by atomic mass is 35.7. The maximum atomic E-state index is 10.1. The lowest BCUT2D eigenvalue weighted by molar-refractivity contribution is -0.138. The minimum Gasteiger partial charge on any atom is -0.480 e. The topological polar surface area (TPSA) is 97.5 Å². The summed E-state index contributed by atoms with van der Waals surface area (Å²) >= 11 is 1.60. The molecule has 0 heterocycles. The van der Waals surface area contributed by atoms with Crippen LogP contribution in [0.3, 0.4) is 0 Å². The van der Waals surface area contributed by atoms with Crippen molar-refractivity contribution in [3.05, 3.63) is 0 Å². The highest BCUT2D eigenvalue weighted by molar-refractivity contribution is 8.13. The first-order chi connectivity index (χ1) is 6.18. The predicted molar refractivity (Wildman–Crippen MR) is 59.3 cm³/mol. The molecule has 0 rings (SSSR count). The molecule has 0 aromatic carbocycles. The van der Waals surface area contributed by atoms with Crippen molar-refractivity contribution in [2.45, 2.75) is 12.5 Å². The van der Waals surface area contributed by atoms with Crippen LogP contribution in [-0.2, 0) is 13.8 Å². The normalized spacial score (nSPS) is 12.6. The van der Waals surface area contributed by atoms with Crippen LogP contribution in [0.5, 0.6) is 0 Å². The van der Waals surface area contributed by atoms with Gasteiger partial charge in [0.2, 0.25) is 9.05 Å². The van der Waals surface area contributed by atoms with Crippen molar-refractivity contribution in [2.24, 2.45) is 5.73 Å². The molecular weight excluding hydrogens is 250 g/mol. The highest BCUT2D eigenvalue weighted by Crippen LogP contribution is 1.97. The zero-order chi connectivity index (χ0) is 11.8. The van der Waals surface area contributed by atoms with Gasteiger partial charge in [-0.3, -0.25) is 4.79 Å². The first-order valence-electron chi connectivity index (χ1n) is 3.55. The summed E-state index contributed by atoms with van der Waals surface area (Å²) in [6.45, 7) is 0. The maximum Gasteiger partial charge on any atom is 0.320 e. The standard InChI is InChI=1S/C5H11NO2S.CH3ClO2S/c1-9-3-2-4(6)5(7)8;1-5(2,3)4/h4H,2-3,6H2,1H3,(H,7,8);1H3. The van der Waals surface area contributed by atoms with Gasteiger partial charge in [0.05, 0.1) is 6.26 Å². The molecule has 0 amide bonds. The van der Waals surface area contributed by atoms with Gasteiger partial charge in [0.25, 0.3) is 0 Å². The Bertz CT molecular complexity index is 247. The average Bonchev–Trinajstić information content (AvgIpc) is 1.96. The summed E-state index contributed by atoms with van der Waals surface area (Å²) in [7, 11) is 1.31. The number of nitrogens with two attached hydrogens (primary N) is 1. The van der Waals surface area contributed by atoms with Gasteiger partial charge in [-0.25, -0.2) is 8.42 Å². The molecule has 0 spiro atoms. The second kappa shape index (κ2) is 8.34. The van der Waals surface area contributed by atoms with Crippen molar-refractivity contribution in [2.75, 3.05) is 18.3 Å². The van der Waals surface area contributed by atoms with Crippen molar-refractivity contribution in [3.63, 3.8) is 0 Å². The van der Waals surface area contributed by atoms with E-state index in [1.54, 1.807) is 11.8 Å². The summed E-state index contributed by atoms with van der Waals surface area (Å²) < 4.78 is 18.8. The Labute approximate surface area is 92.4 Å². The summed E-state index contributed by atoms with van der Waals surface area (Å²) in [5, 5.41) is 8.27. The molecule has 0 aromatic rings. The van der Waals surface area contributed by atoms with Gasteiger partial charge in [-0.2, -0.15) is 11.8 Å². The number of carboxylic acid groups (broad SMARTS) is 1. The second-order valence-electron chi connectivity index (χ2n) is 2.41. The SMILES string of the molecule is CS(=O)(=O)Cl.CSCCC(N)C(=O)O. The fourth-order valence-corrected chi connectivity index (χ4v) is 0.858. The molecule has 5 nitrogen and oxygen atoms in total. The molecule has 0 aromatic heterocycles. The lowest BCUT2D eigenvalue weighted by atomic mass is 10.2. The third-order valence-electron chi connectivity index (χ3n) is 0.950. The third-order valence-corrected chi connectivity index (χ3v) is 1.59. The molecule has 1 unspecified atom stereocenters. The number of rotatable bonds is 4. The van der Waals surface area contributed by atoms with Crippen LogP contribution < -0.4 is 5.73 Å². The summed E-state index contributed by atoms with van der Waals surface area (Å²) in [4.78, 5) is 10.1. The first-order valence-corrected chi connectivity index (χ1v) is 7.66. The van der Waals surface area contributed by atoms with Gasteiger partial charge in [0.1, 0.15) is 6.04 Å². The minimum absolute atomic E-state index is 0.552. The molecule has 1 atom stereocenters. The van der Waals surface area contributed by atoms with Crippen LogP contribution in [0, 0.1) is 0 Å². The smallest absolute Gasteiger partial charge is 0.320 e. The van der Waals surface area contributed by atoms with Gasteiger partial charge in [-0.05, 0) is 18.4 Å². The zero-order valence-electron chi connectivity index (χ0n) is 7.94. The Kier molecular flexibility index (Phi) is 9.80. The molecule has 0 aliphatic heterocycles. The largest absolute Gasteiger partial charge is 0.480 e. The lowest BCUT2D eigenvalue weighted by Crippen LogP contribution is -2.30. The zero-order valence-corrected chi connectivity index (χ0v) is 10.3. The lowest BCUT2D eigenvalue weighted by Gasteiger charge is -2.02. The van der Waals surface area contributed by atoms with E-state index >= 15 is 0 Å². The Balaban J connectivity index is 0. The summed E-state index contributed by atoms with van der Waals surface area (Å²) in [5.41, 5.74) is 5.19. The van der Waals surface area contributed by atoms with Crippen molar-refractivity contribution in [3.8, 4) is 0 Å². The van der Waals surface area contributed by atoms with Gasteiger partial charge < -0.3 is 10.8 Å². The van der Waals surface area contributed by atoms with Crippen LogP contribution in [-0.4, -0.2) is 43.8 Å². The van der Waals surface area contributed by atoms with Crippen LogP contribution in [0.15, 0.2) is 0 Å². The van der Waals surface area contributed by atoms with E-state index in [1.165, 1.54) is 0 Å². The molecule has 0 aliphatic carbocycles. The van der Waals surface area contributed by atoms with E-state index in [0.29, 0.717) is 6.42 Å². The molecule has 3 N–H and O–H groups in total. The summed E-state index contributed by atoms with van der Waals surface area (Å²) in [6, 6.07) is -0.683. The van der Waals surface area contributed by atoms with E-state index < -0.39 is 21.1 Å². The number of aliphatic carboxylic acids is 1. The van der Waals surface area contributed by atoms with E-state index in [2.05, 4.69) is 10.7 Å². The Hall–Kier alpha value is 0.0200. The van der Waals surface area contributed by atoms with Crippen molar-refractivity contribution >= 4 is 37.5 Å². The quantitative estimate of drug-likeness (QED) is 0.710. The minimum atomic E-state index is -3.19. The van der Waals surface area contributed by atoms with Crippen molar-refractivity contribution < 1.29 is 18.3 Å². The summed E-state index contributed by atoms with van der Waals surface area (Å²) in [5.74, 6) is -0.1000. The number of halogens is 1. The molecule has 14 heavy (non-hydrogen) atoms. The molecule has 0 radical (unpaired) electrons. The average molecular weight is 264 g/mol. The second-order valence-corrected chi connectivity index (χ2v) is 6.44. The number of carbonyl (C=O) groups is 1. The number of thioether (sulfide) groups is 1. The molecule has 0 fully saturated rings. The van der Waals surface area contributed by atoms with Crippen molar-refractivity contribution in [1.82, 2.24) is 0 Å². The Morgan fingerprint density at radius 3 is 2.21 bits per heavy atom. The maximum absolute atomic E-state index is 10.1.